The van der Waals surface area contributed by atoms with Crippen molar-refractivity contribution in [1.29, 1.82) is 0 Å². The summed E-state index contributed by atoms with van der Waals surface area (Å²) >= 11 is 0. The Hall–Kier alpha value is -1.88. The fourth-order valence-corrected chi connectivity index (χ4v) is 1.39. The lowest BCUT2D eigenvalue weighted by Crippen LogP contribution is -2.14. The first-order chi connectivity index (χ1) is 7.18. The van der Waals surface area contributed by atoms with Gasteiger partial charge in [-0.3, -0.25) is 0 Å². The largest absolute Gasteiger partial charge is 0.347 e. The molecule has 1 atom stereocenters. The van der Waals surface area contributed by atoms with E-state index in [1.54, 1.807) is 0 Å². The van der Waals surface area contributed by atoms with Crippen LogP contribution in [0.15, 0.2) is 35.4 Å². The highest BCUT2D eigenvalue weighted by Gasteiger charge is 2.03. The molecule has 0 aliphatic heterocycles. The second-order valence-electron chi connectivity index (χ2n) is 3.42. The van der Waals surface area contributed by atoms with Crippen molar-refractivity contribution in [1.82, 2.24) is 14.8 Å². The molecule has 15 heavy (non-hydrogen) atoms. The Morgan fingerprint density at radius 1 is 1.53 bits per heavy atom. The third-order valence-electron chi connectivity index (χ3n) is 2.23. The predicted octanol–water partition coefficient (Wildman–Crippen LogP) is 0.580. The topological polar surface area (TPSA) is 76.7 Å². The van der Waals surface area contributed by atoms with Gasteiger partial charge in [-0.2, -0.15) is 5.10 Å². The van der Waals surface area contributed by atoms with Crippen LogP contribution < -0.4 is 11.4 Å². The summed E-state index contributed by atoms with van der Waals surface area (Å²) in [5.41, 5.74) is 7.26. The van der Waals surface area contributed by atoms with Crippen molar-refractivity contribution in [2.45, 2.75) is 13.0 Å². The predicted molar refractivity (Wildman–Crippen MR) is 56.8 cm³/mol. The van der Waals surface area contributed by atoms with Gasteiger partial charge in [0, 0.05) is 6.04 Å². The van der Waals surface area contributed by atoms with Gasteiger partial charge in [-0.1, -0.05) is 12.1 Å². The lowest BCUT2D eigenvalue weighted by molar-refractivity contribution is 0.815. The molecule has 0 amide bonds. The monoisotopic (exact) mass is 204 g/mol. The number of nitrogens with zero attached hydrogens (tertiary/aromatic N) is 2. The first-order valence-electron chi connectivity index (χ1n) is 4.66. The van der Waals surface area contributed by atoms with Crippen LogP contribution in [0.5, 0.6) is 0 Å². The molecule has 0 bridgehead atoms. The number of aromatic amines is 1. The van der Waals surface area contributed by atoms with Crippen molar-refractivity contribution in [3.8, 4) is 5.69 Å². The number of benzene rings is 1. The Labute approximate surface area is 86.5 Å². The molecule has 0 aliphatic rings. The molecule has 0 radical (unpaired) electrons. The summed E-state index contributed by atoms with van der Waals surface area (Å²) in [6.07, 6.45) is 1.45. The molecule has 0 aliphatic carbocycles. The molecule has 1 aromatic carbocycles. The first-order valence-corrected chi connectivity index (χ1v) is 4.66. The minimum atomic E-state index is -0.253. The summed E-state index contributed by atoms with van der Waals surface area (Å²) < 4.78 is 1.44. The molecule has 2 aromatic rings. The van der Waals surface area contributed by atoms with E-state index in [4.69, 9.17) is 5.73 Å². The van der Waals surface area contributed by atoms with Gasteiger partial charge >= 0.3 is 5.69 Å². The van der Waals surface area contributed by atoms with Crippen molar-refractivity contribution in [2.24, 2.45) is 5.73 Å². The van der Waals surface area contributed by atoms with Crippen molar-refractivity contribution >= 4 is 0 Å². The number of aromatic nitrogens is 3. The molecule has 0 saturated heterocycles. The minimum Gasteiger partial charge on any atom is -0.324 e. The van der Waals surface area contributed by atoms with Crippen LogP contribution in [0, 0.1) is 0 Å². The fourth-order valence-electron chi connectivity index (χ4n) is 1.39. The summed E-state index contributed by atoms with van der Waals surface area (Å²) in [5, 5.41) is 6.01. The molecule has 0 saturated carbocycles. The van der Waals surface area contributed by atoms with Crippen molar-refractivity contribution in [3.05, 3.63) is 46.6 Å². The number of nitrogens with one attached hydrogen (secondary N) is 1. The zero-order valence-corrected chi connectivity index (χ0v) is 8.34. The van der Waals surface area contributed by atoms with Crippen LogP contribution in [-0.4, -0.2) is 14.8 Å². The van der Waals surface area contributed by atoms with Gasteiger partial charge in [0.2, 0.25) is 0 Å². The smallest absolute Gasteiger partial charge is 0.324 e. The van der Waals surface area contributed by atoms with E-state index in [1.165, 1.54) is 10.9 Å². The van der Waals surface area contributed by atoms with E-state index in [-0.39, 0.29) is 11.7 Å². The van der Waals surface area contributed by atoms with Gasteiger partial charge in [-0.25, -0.2) is 14.5 Å². The molecule has 2 rings (SSSR count). The van der Waals surface area contributed by atoms with Gasteiger partial charge in [0.25, 0.3) is 0 Å². The highest BCUT2D eigenvalue weighted by Crippen LogP contribution is 2.13. The Bertz CT molecular complexity index is 512. The molecule has 0 spiro atoms. The summed E-state index contributed by atoms with van der Waals surface area (Å²) in [6.45, 7) is 1.90. The standard InChI is InChI=1S/C10H12N4O/c1-7(11)8-3-2-4-9(5-8)14-6-12-13-10(14)15/h2-7H,11H2,1H3,(H,13,15). The van der Waals surface area contributed by atoms with Crippen molar-refractivity contribution < 1.29 is 0 Å². The van der Waals surface area contributed by atoms with Gasteiger partial charge in [0.1, 0.15) is 6.33 Å². The zero-order chi connectivity index (χ0) is 10.8. The Balaban J connectivity index is 2.50. The zero-order valence-electron chi connectivity index (χ0n) is 8.34. The molecule has 3 N–H and O–H groups in total. The molecule has 0 fully saturated rings. The minimum absolute atomic E-state index is 0.0486. The third-order valence-corrected chi connectivity index (χ3v) is 2.23. The second-order valence-corrected chi connectivity index (χ2v) is 3.42. The van der Waals surface area contributed by atoms with E-state index >= 15 is 0 Å². The Morgan fingerprint density at radius 3 is 2.93 bits per heavy atom. The summed E-state index contributed by atoms with van der Waals surface area (Å²) in [7, 11) is 0. The first kappa shape index (κ1) is 9.67. The number of rotatable bonds is 2. The third kappa shape index (κ3) is 1.82. The number of nitrogens with two attached hydrogens (primary N) is 1. The van der Waals surface area contributed by atoms with E-state index in [2.05, 4.69) is 10.2 Å². The maximum Gasteiger partial charge on any atom is 0.347 e. The van der Waals surface area contributed by atoms with E-state index in [0.29, 0.717) is 0 Å². The molecule has 1 unspecified atom stereocenters. The van der Waals surface area contributed by atoms with Crippen LogP contribution in [0.3, 0.4) is 0 Å². The van der Waals surface area contributed by atoms with Crippen molar-refractivity contribution in [2.75, 3.05) is 0 Å². The van der Waals surface area contributed by atoms with Crippen LogP contribution in [0.25, 0.3) is 5.69 Å². The average Bonchev–Trinajstić information content (AvgIpc) is 2.64. The number of hydrogen-bond acceptors (Lipinski definition) is 3. The lowest BCUT2D eigenvalue weighted by Gasteiger charge is -2.07. The maximum atomic E-state index is 11.3. The lowest BCUT2D eigenvalue weighted by atomic mass is 10.1. The highest BCUT2D eigenvalue weighted by molar-refractivity contribution is 5.36. The van der Waals surface area contributed by atoms with E-state index < -0.39 is 0 Å². The van der Waals surface area contributed by atoms with Crippen LogP contribution >= 0.6 is 0 Å². The van der Waals surface area contributed by atoms with E-state index in [1.807, 2.05) is 31.2 Å². The molecular weight excluding hydrogens is 192 g/mol. The number of H-pyrrole nitrogens is 1. The quantitative estimate of drug-likeness (QED) is 0.751. The van der Waals surface area contributed by atoms with E-state index in [9.17, 15) is 4.79 Å². The number of hydrogen-bond donors (Lipinski definition) is 2. The normalized spacial score (nSPS) is 12.7. The summed E-state index contributed by atoms with van der Waals surface area (Å²) in [4.78, 5) is 11.3. The van der Waals surface area contributed by atoms with Gasteiger partial charge in [-0.05, 0) is 24.6 Å². The maximum absolute atomic E-state index is 11.3. The Kier molecular flexibility index (Phi) is 2.39. The van der Waals surface area contributed by atoms with Gasteiger partial charge < -0.3 is 5.73 Å². The van der Waals surface area contributed by atoms with Gasteiger partial charge in [-0.15, -0.1) is 0 Å². The van der Waals surface area contributed by atoms with Gasteiger partial charge in [0.15, 0.2) is 0 Å². The van der Waals surface area contributed by atoms with Crippen LogP contribution in [0.4, 0.5) is 0 Å². The fraction of sp³-hybridized carbons (Fsp3) is 0.200. The summed E-state index contributed by atoms with van der Waals surface area (Å²) in [5.74, 6) is 0. The van der Waals surface area contributed by atoms with Crippen LogP contribution in [0.1, 0.15) is 18.5 Å². The van der Waals surface area contributed by atoms with Crippen molar-refractivity contribution in [3.63, 3.8) is 0 Å². The second kappa shape index (κ2) is 3.70. The molecule has 5 heteroatoms. The molecular formula is C10H12N4O. The highest BCUT2D eigenvalue weighted by atomic mass is 16.1. The average molecular weight is 204 g/mol. The molecule has 78 valence electrons. The summed E-state index contributed by atoms with van der Waals surface area (Å²) in [6, 6.07) is 7.46. The SMILES string of the molecule is CC(N)c1cccc(-n2cn[nH]c2=O)c1. The molecule has 1 heterocycles. The molecule has 1 aromatic heterocycles. The molecule has 5 nitrogen and oxygen atoms in total. The Morgan fingerprint density at radius 2 is 2.33 bits per heavy atom. The van der Waals surface area contributed by atoms with Crippen LogP contribution in [0.2, 0.25) is 0 Å². The van der Waals surface area contributed by atoms with E-state index in [0.717, 1.165) is 11.3 Å². The van der Waals surface area contributed by atoms with Gasteiger partial charge in [0.05, 0.1) is 5.69 Å². The van der Waals surface area contributed by atoms with Crippen LogP contribution in [-0.2, 0) is 0 Å².